The molecular weight excluding hydrogens is 959 g/mol. The number of benzene rings is 3. The number of hydrogen-bond acceptors (Lipinski definition) is 13. The molecule has 0 radical (unpaired) electrons. The van der Waals surface area contributed by atoms with Gasteiger partial charge in [0.2, 0.25) is 11.8 Å². The Morgan fingerprint density at radius 2 is 0.973 bits per heavy atom. The Morgan fingerprint density at radius 1 is 0.560 bits per heavy atom. The van der Waals surface area contributed by atoms with Crippen LogP contribution in [-0.2, 0) is 53.5 Å². The molecule has 75 heavy (non-hydrogen) atoms. The normalized spacial score (nSPS) is 17.3. The standard InChI is InChI=1S/C59H59N3O13/c1-15-60(47(65)26-57(11,12)49-34(9)51(67)30(5)32(7)53(49)69)41-24-43-39(21-28(41)3)59(38-18-17-36(23-37(38)56(72)74-59)55(71)75-62-45(63)19-20-46(62)64)40-22-29(4)42(25-44(40)73-43)61(16-2)48(66)27-58(13,14)50-35(10)52(68)31(6)33(8)54(50)70/h17-25H,15-16,26-27H2,1-14H3. The molecule has 3 aromatic rings. The number of anilines is 2. The highest BCUT2D eigenvalue weighted by molar-refractivity contribution is 6.26. The number of hydrogen-bond donors (Lipinski definition) is 0. The fraction of sp³-hybridized carbons (Fsp3) is 0.356. The predicted octanol–water partition coefficient (Wildman–Crippen LogP) is 9.02. The van der Waals surface area contributed by atoms with Gasteiger partial charge in [0.25, 0.3) is 11.8 Å². The van der Waals surface area contributed by atoms with E-state index < -0.39 is 40.2 Å². The first-order chi connectivity index (χ1) is 35.0. The van der Waals surface area contributed by atoms with Gasteiger partial charge in [-0.2, -0.15) is 0 Å². The molecule has 8 rings (SSSR count). The van der Waals surface area contributed by atoms with Crippen molar-refractivity contribution in [1.82, 2.24) is 5.06 Å². The van der Waals surface area contributed by atoms with E-state index in [2.05, 4.69) is 0 Å². The van der Waals surface area contributed by atoms with E-state index in [1.807, 2.05) is 0 Å². The smallest absolute Gasteiger partial charge is 0.363 e. The predicted molar refractivity (Wildman–Crippen MR) is 276 cm³/mol. The molecule has 0 aromatic heterocycles. The average molecular weight is 1020 g/mol. The molecule has 3 aromatic carbocycles. The van der Waals surface area contributed by atoms with Crippen molar-refractivity contribution in [2.45, 2.75) is 115 Å². The molecule has 2 aliphatic carbocycles. The van der Waals surface area contributed by atoms with E-state index in [1.165, 1.54) is 18.2 Å². The van der Waals surface area contributed by atoms with Crippen molar-refractivity contribution < 1.29 is 62.3 Å². The monoisotopic (exact) mass is 1020 g/mol. The average Bonchev–Trinajstić information content (AvgIpc) is 3.83. The van der Waals surface area contributed by atoms with Crippen molar-refractivity contribution in [1.29, 1.82) is 0 Å². The molecule has 0 saturated heterocycles. The minimum absolute atomic E-state index is 0.0367. The lowest BCUT2D eigenvalue weighted by atomic mass is 9.71. The molecule has 16 nitrogen and oxygen atoms in total. The van der Waals surface area contributed by atoms with Crippen LogP contribution in [0.4, 0.5) is 11.4 Å². The molecule has 3 aliphatic heterocycles. The molecule has 0 bridgehead atoms. The SMILES string of the molecule is CCN(C(=O)CC(C)(C)C1=C(C)C(=O)C(C)=C(C)C1=O)c1cc2c(cc1C)C1(OC(=O)c3cc(C(=O)ON4C(=O)C=CC4=O)ccc31)c1cc(C)c(N(CC)C(=O)CC(C)(C)C3=C(C)C(=O)C(C)=C(C)C3=O)cc1O2. The van der Waals surface area contributed by atoms with Gasteiger partial charge in [-0.1, -0.05) is 38.8 Å². The maximum absolute atomic E-state index is 14.6. The summed E-state index contributed by atoms with van der Waals surface area (Å²) >= 11 is 0. The summed E-state index contributed by atoms with van der Waals surface area (Å²) in [6.45, 7) is 24.2. The van der Waals surface area contributed by atoms with Gasteiger partial charge in [0.15, 0.2) is 28.7 Å². The lowest BCUT2D eigenvalue weighted by molar-refractivity contribution is -0.170. The van der Waals surface area contributed by atoms with Crippen LogP contribution in [-0.4, -0.2) is 76.9 Å². The van der Waals surface area contributed by atoms with Crippen molar-refractivity contribution in [3.8, 4) is 11.5 Å². The lowest BCUT2D eigenvalue weighted by Crippen LogP contribution is -2.39. The summed E-state index contributed by atoms with van der Waals surface area (Å²) in [6, 6.07) is 11.0. The van der Waals surface area contributed by atoms with Gasteiger partial charge in [-0.15, -0.1) is 0 Å². The van der Waals surface area contributed by atoms with Crippen LogP contribution in [0.5, 0.6) is 11.5 Å². The molecule has 1 spiro atoms. The molecule has 16 heteroatoms. The third-order valence-electron chi connectivity index (χ3n) is 15.3. The first-order valence-electron chi connectivity index (χ1n) is 24.8. The Kier molecular flexibility index (Phi) is 13.2. The molecule has 0 atom stereocenters. The minimum Gasteiger partial charge on any atom is -0.456 e. The number of Topliss-reactive ketones (excluding diaryl/α,β-unsaturated/α-hetero) is 4. The van der Waals surface area contributed by atoms with E-state index >= 15 is 0 Å². The number of allylic oxidation sites excluding steroid dienone is 8. The number of imide groups is 1. The first-order valence-corrected chi connectivity index (χ1v) is 24.8. The molecule has 5 aliphatic rings. The summed E-state index contributed by atoms with van der Waals surface area (Å²) in [4.78, 5) is 144. The molecule has 388 valence electrons. The summed E-state index contributed by atoms with van der Waals surface area (Å²) in [5.74, 6) is -5.07. The molecule has 0 unspecified atom stereocenters. The molecule has 0 fully saturated rings. The largest absolute Gasteiger partial charge is 0.456 e. The number of nitrogens with zero attached hydrogens (tertiary/aromatic N) is 3. The van der Waals surface area contributed by atoms with Crippen LogP contribution >= 0.6 is 0 Å². The second-order valence-electron chi connectivity index (χ2n) is 21.1. The van der Waals surface area contributed by atoms with Gasteiger partial charge in [-0.25, -0.2) is 9.59 Å². The molecule has 3 heterocycles. The Bertz CT molecular complexity index is 3230. The number of aryl methyl sites for hydroxylation is 2. The summed E-state index contributed by atoms with van der Waals surface area (Å²) < 4.78 is 13.4. The maximum atomic E-state index is 14.6. The second kappa shape index (κ2) is 18.7. The Hall–Kier alpha value is -8.14. The molecular formula is C59H59N3O13. The van der Waals surface area contributed by atoms with Gasteiger partial charge >= 0.3 is 11.9 Å². The van der Waals surface area contributed by atoms with E-state index in [-0.39, 0.29) is 94.7 Å². The van der Waals surface area contributed by atoms with Crippen molar-refractivity contribution in [3.63, 3.8) is 0 Å². The zero-order chi connectivity index (χ0) is 55.3. The van der Waals surface area contributed by atoms with Gasteiger partial charge in [0.1, 0.15) is 11.5 Å². The quantitative estimate of drug-likeness (QED) is 0.0944. The highest BCUT2D eigenvalue weighted by Crippen LogP contribution is 2.58. The number of ketones is 4. The molecule has 0 N–H and O–H groups in total. The van der Waals surface area contributed by atoms with Crippen LogP contribution in [0.3, 0.4) is 0 Å². The number of rotatable bonds is 12. The Morgan fingerprint density at radius 3 is 1.39 bits per heavy atom. The number of ether oxygens (including phenoxy) is 2. The third kappa shape index (κ3) is 8.40. The van der Waals surface area contributed by atoms with Crippen molar-refractivity contribution in [2.24, 2.45) is 10.8 Å². The Balaban J connectivity index is 1.23. The maximum Gasteiger partial charge on any atom is 0.363 e. The number of amides is 4. The van der Waals surface area contributed by atoms with E-state index in [4.69, 9.17) is 14.3 Å². The number of esters is 1. The minimum atomic E-state index is -1.76. The fourth-order valence-corrected chi connectivity index (χ4v) is 11.2. The van der Waals surface area contributed by atoms with Crippen LogP contribution in [0.15, 0.2) is 99.2 Å². The number of carbonyl (C=O) groups excluding carboxylic acids is 10. The first kappa shape index (κ1) is 53.2. The number of carbonyl (C=O) groups is 10. The highest BCUT2D eigenvalue weighted by Gasteiger charge is 2.55. The highest BCUT2D eigenvalue weighted by atomic mass is 16.7. The van der Waals surface area contributed by atoms with Crippen molar-refractivity contribution in [2.75, 3.05) is 22.9 Å². The van der Waals surface area contributed by atoms with Crippen LogP contribution < -0.4 is 14.5 Å². The zero-order valence-electron chi connectivity index (χ0n) is 44.7. The van der Waals surface area contributed by atoms with Gasteiger partial charge < -0.3 is 24.1 Å². The lowest BCUT2D eigenvalue weighted by Gasteiger charge is -2.39. The third-order valence-corrected chi connectivity index (χ3v) is 15.3. The van der Waals surface area contributed by atoms with Gasteiger partial charge in [-0.3, -0.25) is 38.4 Å². The summed E-state index contributed by atoms with van der Waals surface area (Å²) in [7, 11) is 0. The fourth-order valence-electron chi connectivity index (χ4n) is 11.2. The van der Waals surface area contributed by atoms with E-state index in [0.29, 0.717) is 77.7 Å². The summed E-state index contributed by atoms with van der Waals surface area (Å²) in [5.41, 5.74) is 1.49. The zero-order valence-corrected chi connectivity index (χ0v) is 44.7. The van der Waals surface area contributed by atoms with Crippen molar-refractivity contribution >= 4 is 70.1 Å². The van der Waals surface area contributed by atoms with Crippen LogP contribution in [0, 0.1) is 24.7 Å². The van der Waals surface area contributed by atoms with Crippen LogP contribution in [0.2, 0.25) is 0 Å². The van der Waals surface area contributed by atoms with E-state index in [1.54, 1.807) is 131 Å². The second-order valence-corrected chi connectivity index (χ2v) is 21.1. The van der Waals surface area contributed by atoms with Crippen LogP contribution in [0.1, 0.15) is 144 Å². The van der Waals surface area contributed by atoms with Gasteiger partial charge in [0, 0.05) is 122 Å². The van der Waals surface area contributed by atoms with E-state index in [0.717, 1.165) is 12.2 Å². The Labute approximate surface area is 434 Å². The summed E-state index contributed by atoms with van der Waals surface area (Å²) in [5, 5.41) is 0.305. The van der Waals surface area contributed by atoms with Crippen molar-refractivity contribution in [3.05, 3.63) is 138 Å². The molecule has 0 saturated carbocycles. The van der Waals surface area contributed by atoms with Crippen LogP contribution in [0.25, 0.3) is 0 Å². The van der Waals surface area contributed by atoms with Gasteiger partial charge in [0.05, 0.1) is 22.5 Å². The summed E-state index contributed by atoms with van der Waals surface area (Å²) in [6.07, 6.45) is 1.61. The topological polar surface area (TPSA) is 208 Å². The number of fused-ring (bicyclic) bond motifs is 6. The van der Waals surface area contributed by atoms with Gasteiger partial charge in [-0.05, 0) is 105 Å². The molecule has 4 amide bonds. The number of hydroxylamine groups is 2. The van der Waals surface area contributed by atoms with E-state index in [9.17, 15) is 47.9 Å².